The molecule has 0 N–H and O–H groups in total. The van der Waals surface area contributed by atoms with Gasteiger partial charge in [0.15, 0.2) is 0 Å². The molecule has 26 heavy (non-hydrogen) atoms. The van der Waals surface area contributed by atoms with Gasteiger partial charge in [0.05, 0.1) is 5.69 Å². The first kappa shape index (κ1) is 17.2. The summed E-state index contributed by atoms with van der Waals surface area (Å²) in [5.41, 5.74) is 6.62. The molecule has 2 aromatic carbocycles. The van der Waals surface area contributed by atoms with E-state index in [1.165, 1.54) is 43.1 Å². The van der Waals surface area contributed by atoms with Crippen LogP contribution in [0.4, 0.5) is 0 Å². The Morgan fingerprint density at radius 2 is 1.69 bits per heavy atom. The van der Waals surface area contributed by atoms with Crippen LogP contribution in [0.1, 0.15) is 37.5 Å². The summed E-state index contributed by atoms with van der Waals surface area (Å²) in [5, 5.41) is 6.29. The van der Waals surface area contributed by atoms with Crippen molar-refractivity contribution in [3.8, 4) is 11.3 Å². The van der Waals surface area contributed by atoms with Crippen LogP contribution in [0.15, 0.2) is 48.0 Å². The number of hydrogen-bond donors (Lipinski definition) is 0. The van der Waals surface area contributed by atoms with Gasteiger partial charge < -0.3 is 0 Å². The van der Waals surface area contributed by atoms with E-state index in [9.17, 15) is 0 Å². The van der Waals surface area contributed by atoms with Crippen molar-refractivity contribution in [3.05, 3.63) is 64.7 Å². The highest BCUT2D eigenvalue weighted by molar-refractivity contribution is 7.18. The topological polar surface area (TPSA) is 12.9 Å². The molecule has 4 rings (SSSR count). The van der Waals surface area contributed by atoms with Crippen LogP contribution < -0.4 is 0 Å². The van der Waals surface area contributed by atoms with Crippen LogP contribution in [0.2, 0.25) is 0 Å². The third-order valence-corrected chi connectivity index (χ3v) is 5.83. The first-order chi connectivity index (χ1) is 12.3. The average molecular weight is 360 g/mol. The van der Waals surface area contributed by atoms with Gasteiger partial charge in [0.1, 0.15) is 0 Å². The number of hydrogen-bond acceptors (Lipinski definition) is 2. The van der Waals surface area contributed by atoms with E-state index in [0.29, 0.717) is 0 Å². The molecule has 0 aliphatic heterocycles. The Balaban J connectivity index is 2.01. The lowest BCUT2D eigenvalue weighted by Gasteiger charge is -2.17. The Morgan fingerprint density at radius 3 is 2.38 bits per heavy atom. The third kappa shape index (κ3) is 3.14. The summed E-state index contributed by atoms with van der Waals surface area (Å²) < 4.78 is 1.36. The summed E-state index contributed by atoms with van der Waals surface area (Å²) in [4.78, 5) is 4.80. The van der Waals surface area contributed by atoms with Crippen LogP contribution in [0.25, 0.3) is 32.1 Å². The fourth-order valence-corrected chi connectivity index (χ4v) is 4.97. The van der Waals surface area contributed by atoms with Gasteiger partial charge in [-0.15, -0.1) is 11.3 Å². The highest BCUT2D eigenvalue weighted by Crippen LogP contribution is 2.39. The summed E-state index contributed by atoms with van der Waals surface area (Å²) in [7, 11) is 0. The first-order valence-electron chi connectivity index (χ1n) is 9.18. The van der Waals surface area contributed by atoms with Gasteiger partial charge >= 0.3 is 0 Å². The van der Waals surface area contributed by atoms with Crippen molar-refractivity contribution in [1.82, 2.24) is 4.98 Å². The van der Waals surface area contributed by atoms with E-state index in [-0.39, 0.29) is 5.41 Å². The zero-order valence-electron chi connectivity index (χ0n) is 16.2. The van der Waals surface area contributed by atoms with Crippen molar-refractivity contribution >= 4 is 32.2 Å². The lowest BCUT2D eigenvalue weighted by Crippen LogP contribution is -2.08. The van der Waals surface area contributed by atoms with Crippen molar-refractivity contribution in [2.75, 3.05) is 0 Å². The highest BCUT2D eigenvalue weighted by atomic mass is 32.1. The van der Waals surface area contributed by atoms with Crippen molar-refractivity contribution in [2.24, 2.45) is 5.41 Å². The number of fused-ring (bicyclic) bond motifs is 3. The molecule has 0 aliphatic rings. The molecular formula is C24H25NS. The smallest absolute Gasteiger partial charge is 0.0794 e. The lowest BCUT2D eigenvalue weighted by molar-refractivity contribution is 0.413. The summed E-state index contributed by atoms with van der Waals surface area (Å²) in [6.45, 7) is 11.2. The number of nitrogens with zero attached hydrogens (tertiary/aromatic N) is 1. The van der Waals surface area contributed by atoms with E-state index in [2.05, 4.69) is 76.4 Å². The highest BCUT2D eigenvalue weighted by Gasteiger charge is 2.17. The van der Waals surface area contributed by atoms with E-state index in [4.69, 9.17) is 4.98 Å². The summed E-state index contributed by atoms with van der Waals surface area (Å²) in [5.74, 6) is 0. The number of pyridine rings is 1. The number of aryl methyl sites for hydroxylation is 2. The Kier molecular flexibility index (Phi) is 4.11. The number of rotatable bonds is 2. The predicted octanol–water partition coefficient (Wildman–Crippen LogP) is 7.32. The van der Waals surface area contributed by atoms with E-state index < -0.39 is 0 Å². The molecule has 132 valence electrons. The SMILES string of the molecule is Cc1cc(C)cc(-c2nccc3ccc4c(CC(C)(C)C)csc4c23)c1. The Bertz CT molecular complexity index is 1090. The molecule has 4 aromatic rings. The maximum absolute atomic E-state index is 4.80. The van der Waals surface area contributed by atoms with Crippen LogP contribution in [0, 0.1) is 19.3 Å². The second-order valence-corrected chi connectivity index (χ2v) is 9.45. The van der Waals surface area contributed by atoms with E-state index in [0.717, 1.165) is 12.1 Å². The van der Waals surface area contributed by atoms with Crippen LogP contribution in [-0.2, 0) is 6.42 Å². The minimum atomic E-state index is 0.286. The summed E-state index contributed by atoms with van der Waals surface area (Å²) in [6.07, 6.45) is 3.03. The molecule has 0 bridgehead atoms. The van der Waals surface area contributed by atoms with E-state index in [1.54, 1.807) is 0 Å². The van der Waals surface area contributed by atoms with Crippen LogP contribution >= 0.6 is 11.3 Å². The minimum absolute atomic E-state index is 0.286. The molecule has 0 atom stereocenters. The van der Waals surface area contributed by atoms with Crippen molar-refractivity contribution < 1.29 is 0 Å². The van der Waals surface area contributed by atoms with Gasteiger partial charge in [-0.25, -0.2) is 0 Å². The molecule has 0 aliphatic carbocycles. The van der Waals surface area contributed by atoms with E-state index >= 15 is 0 Å². The lowest BCUT2D eigenvalue weighted by atomic mass is 9.87. The maximum atomic E-state index is 4.80. The van der Waals surface area contributed by atoms with Crippen LogP contribution in [-0.4, -0.2) is 4.98 Å². The van der Waals surface area contributed by atoms with Crippen LogP contribution in [0.3, 0.4) is 0 Å². The molecule has 0 amide bonds. The largest absolute Gasteiger partial charge is 0.256 e. The van der Waals surface area contributed by atoms with Gasteiger partial charge in [0.25, 0.3) is 0 Å². The second-order valence-electron chi connectivity index (χ2n) is 8.57. The van der Waals surface area contributed by atoms with Gasteiger partial charge in [0, 0.05) is 21.8 Å². The van der Waals surface area contributed by atoms with Crippen molar-refractivity contribution in [3.63, 3.8) is 0 Å². The van der Waals surface area contributed by atoms with Gasteiger partial charge in [-0.3, -0.25) is 4.98 Å². The normalized spacial score (nSPS) is 12.2. The number of benzene rings is 2. The fourth-order valence-electron chi connectivity index (χ4n) is 3.85. The van der Waals surface area contributed by atoms with Gasteiger partial charge in [0.2, 0.25) is 0 Å². The summed E-state index contributed by atoms with van der Waals surface area (Å²) in [6, 6.07) is 13.4. The molecule has 0 spiro atoms. The molecule has 2 heterocycles. The van der Waals surface area contributed by atoms with Gasteiger partial charge in [-0.1, -0.05) is 50.1 Å². The van der Waals surface area contributed by atoms with Crippen molar-refractivity contribution in [2.45, 2.75) is 41.0 Å². The first-order valence-corrected chi connectivity index (χ1v) is 10.1. The van der Waals surface area contributed by atoms with Crippen LogP contribution in [0.5, 0.6) is 0 Å². The molecule has 0 saturated heterocycles. The number of aromatic nitrogens is 1. The molecular weight excluding hydrogens is 334 g/mol. The zero-order valence-corrected chi connectivity index (χ0v) is 17.0. The molecule has 2 aromatic heterocycles. The minimum Gasteiger partial charge on any atom is -0.256 e. The molecule has 0 saturated carbocycles. The molecule has 0 fully saturated rings. The Hall–Kier alpha value is -2.19. The monoisotopic (exact) mass is 359 g/mol. The second kappa shape index (κ2) is 6.21. The fraction of sp³-hybridized carbons (Fsp3) is 0.292. The van der Waals surface area contributed by atoms with Gasteiger partial charge in [-0.05, 0) is 65.6 Å². The predicted molar refractivity (Wildman–Crippen MR) is 115 cm³/mol. The number of thiophene rings is 1. The molecule has 0 radical (unpaired) electrons. The molecule has 1 nitrogen and oxygen atoms in total. The summed E-state index contributed by atoms with van der Waals surface area (Å²) >= 11 is 1.86. The Labute approximate surface area is 159 Å². The van der Waals surface area contributed by atoms with Crippen molar-refractivity contribution in [1.29, 1.82) is 0 Å². The molecule has 2 heteroatoms. The zero-order chi connectivity index (χ0) is 18.5. The maximum Gasteiger partial charge on any atom is 0.0794 e. The quantitative estimate of drug-likeness (QED) is 0.365. The molecule has 0 unspecified atom stereocenters. The Morgan fingerprint density at radius 1 is 0.962 bits per heavy atom. The van der Waals surface area contributed by atoms with Gasteiger partial charge in [-0.2, -0.15) is 0 Å². The standard InChI is InChI=1S/C24H25NS/c1-15-10-16(2)12-18(11-15)22-21-17(8-9-25-22)6-7-20-19(13-24(3,4)5)14-26-23(20)21/h6-12,14H,13H2,1-5H3. The van der Waals surface area contributed by atoms with E-state index in [1.807, 2.05) is 17.5 Å². The average Bonchev–Trinajstić information content (AvgIpc) is 2.94. The third-order valence-electron chi connectivity index (χ3n) is 4.77.